The minimum absolute atomic E-state index is 0.123. The largest absolute Gasteiger partial charge is 0.356 e. The fourth-order valence-corrected chi connectivity index (χ4v) is 2.04. The molecule has 1 heterocycles. The molecule has 0 aliphatic rings. The van der Waals surface area contributed by atoms with Crippen LogP contribution in [0, 0.1) is 0 Å². The van der Waals surface area contributed by atoms with Crippen LogP contribution in [0.15, 0.2) is 27.3 Å². The zero-order chi connectivity index (χ0) is 10.1. The van der Waals surface area contributed by atoms with Gasteiger partial charge in [-0.2, -0.15) is 0 Å². The Hall–Kier alpha value is -0.870. The first-order valence-electron chi connectivity index (χ1n) is 4.45. The van der Waals surface area contributed by atoms with E-state index in [0.29, 0.717) is 0 Å². The lowest BCUT2D eigenvalue weighted by atomic mass is 10.1. The Balaban J connectivity index is 2.55. The molecule has 1 unspecified atom stereocenters. The highest BCUT2D eigenvalue weighted by atomic mass is 79.9. The third-order valence-electron chi connectivity index (χ3n) is 2.04. The van der Waals surface area contributed by atoms with Crippen molar-refractivity contribution in [2.75, 3.05) is 0 Å². The van der Waals surface area contributed by atoms with E-state index < -0.39 is 0 Å². The van der Waals surface area contributed by atoms with Gasteiger partial charge in [0.05, 0.1) is 6.20 Å². The topological polar surface area (TPSA) is 52.0 Å². The normalized spacial score (nSPS) is 13.4. The highest BCUT2D eigenvalue weighted by molar-refractivity contribution is 9.10. The third-order valence-corrected chi connectivity index (χ3v) is 2.49. The number of halogens is 1. The van der Waals surface area contributed by atoms with E-state index in [9.17, 15) is 0 Å². The predicted octanol–water partition coefficient (Wildman–Crippen LogP) is 2.48. The van der Waals surface area contributed by atoms with E-state index >= 15 is 0 Å². The van der Waals surface area contributed by atoms with Gasteiger partial charge in [0.1, 0.15) is 0 Å². The number of fused-ring (bicyclic) bond motifs is 1. The van der Waals surface area contributed by atoms with Crippen LogP contribution < -0.4 is 5.73 Å². The second kappa shape index (κ2) is 3.71. The zero-order valence-electron chi connectivity index (χ0n) is 7.83. The van der Waals surface area contributed by atoms with E-state index in [1.165, 1.54) is 0 Å². The first-order valence-corrected chi connectivity index (χ1v) is 5.24. The molecule has 0 bridgehead atoms. The van der Waals surface area contributed by atoms with Gasteiger partial charge in [0.15, 0.2) is 5.58 Å². The lowest BCUT2D eigenvalue weighted by Crippen LogP contribution is -2.17. The molecule has 0 saturated heterocycles. The van der Waals surface area contributed by atoms with E-state index in [1.54, 1.807) is 6.20 Å². The summed E-state index contributed by atoms with van der Waals surface area (Å²) >= 11 is 3.45. The van der Waals surface area contributed by atoms with Gasteiger partial charge in [-0.15, -0.1) is 0 Å². The molecule has 0 amide bonds. The molecule has 0 fully saturated rings. The summed E-state index contributed by atoms with van der Waals surface area (Å²) in [5.41, 5.74) is 7.69. The Labute approximate surface area is 90.4 Å². The van der Waals surface area contributed by atoms with Gasteiger partial charge in [0.2, 0.25) is 0 Å². The van der Waals surface area contributed by atoms with Crippen molar-refractivity contribution in [2.45, 2.75) is 19.4 Å². The SMILES string of the molecule is CC(N)Cc1cc(Br)cc2cnoc12. The van der Waals surface area contributed by atoms with E-state index in [2.05, 4.69) is 21.1 Å². The molecule has 3 nitrogen and oxygen atoms in total. The minimum atomic E-state index is 0.123. The van der Waals surface area contributed by atoms with E-state index in [1.807, 2.05) is 19.1 Å². The molecule has 74 valence electrons. The molecule has 1 aromatic carbocycles. The summed E-state index contributed by atoms with van der Waals surface area (Å²) in [7, 11) is 0. The molecule has 0 aliphatic carbocycles. The molecule has 2 aromatic rings. The Bertz CT molecular complexity index is 450. The molecule has 1 atom stereocenters. The predicted molar refractivity (Wildman–Crippen MR) is 59.1 cm³/mol. The summed E-state index contributed by atoms with van der Waals surface area (Å²) in [6.45, 7) is 1.98. The van der Waals surface area contributed by atoms with Gasteiger partial charge < -0.3 is 10.3 Å². The number of nitrogens with two attached hydrogens (primary N) is 1. The van der Waals surface area contributed by atoms with Crippen LogP contribution in [0.2, 0.25) is 0 Å². The maximum atomic E-state index is 5.76. The molecular formula is C10H11BrN2O. The number of hydrogen-bond acceptors (Lipinski definition) is 3. The van der Waals surface area contributed by atoms with Crippen molar-refractivity contribution in [1.29, 1.82) is 0 Å². The quantitative estimate of drug-likeness (QED) is 0.896. The summed E-state index contributed by atoms with van der Waals surface area (Å²) in [5.74, 6) is 0. The van der Waals surface area contributed by atoms with Crippen molar-refractivity contribution in [3.63, 3.8) is 0 Å². The molecule has 0 radical (unpaired) electrons. The van der Waals surface area contributed by atoms with Gasteiger partial charge in [-0.1, -0.05) is 21.1 Å². The molecule has 4 heteroatoms. The highest BCUT2D eigenvalue weighted by Gasteiger charge is 2.08. The molecule has 1 aromatic heterocycles. The number of benzene rings is 1. The summed E-state index contributed by atoms with van der Waals surface area (Å²) in [6.07, 6.45) is 2.51. The molecule has 0 saturated carbocycles. The van der Waals surface area contributed by atoms with Crippen LogP contribution in [0.25, 0.3) is 11.0 Å². The Morgan fingerprint density at radius 2 is 2.36 bits per heavy atom. The molecule has 2 N–H and O–H groups in total. The van der Waals surface area contributed by atoms with Gasteiger partial charge in [-0.05, 0) is 25.5 Å². The van der Waals surface area contributed by atoms with Crippen molar-refractivity contribution in [2.24, 2.45) is 5.73 Å². The third kappa shape index (κ3) is 1.81. The van der Waals surface area contributed by atoms with Crippen molar-refractivity contribution < 1.29 is 4.52 Å². The van der Waals surface area contributed by atoms with Crippen molar-refractivity contribution in [3.8, 4) is 0 Å². The average Bonchev–Trinajstić information content (AvgIpc) is 2.50. The second-order valence-corrected chi connectivity index (χ2v) is 4.41. The smallest absolute Gasteiger partial charge is 0.170 e. The van der Waals surface area contributed by atoms with Crippen molar-refractivity contribution in [1.82, 2.24) is 5.16 Å². The summed E-state index contributed by atoms with van der Waals surface area (Å²) in [6, 6.07) is 4.13. The van der Waals surface area contributed by atoms with Crippen molar-refractivity contribution in [3.05, 3.63) is 28.4 Å². The fraction of sp³-hybridized carbons (Fsp3) is 0.300. The van der Waals surface area contributed by atoms with Crippen LogP contribution in [0.5, 0.6) is 0 Å². The number of nitrogens with zero attached hydrogens (tertiary/aromatic N) is 1. The Morgan fingerprint density at radius 3 is 3.07 bits per heavy atom. The van der Waals surface area contributed by atoms with Gasteiger partial charge in [0, 0.05) is 21.5 Å². The molecule has 0 spiro atoms. The zero-order valence-corrected chi connectivity index (χ0v) is 9.41. The van der Waals surface area contributed by atoms with Gasteiger partial charge in [-0.3, -0.25) is 0 Å². The summed E-state index contributed by atoms with van der Waals surface area (Å²) in [4.78, 5) is 0. The van der Waals surface area contributed by atoms with Gasteiger partial charge in [-0.25, -0.2) is 0 Å². The van der Waals surface area contributed by atoms with Crippen LogP contribution in [0.1, 0.15) is 12.5 Å². The van der Waals surface area contributed by atoms with Crippen LogP contribution in [-0.4, -0.2) is 11.2 Å². The fourth-order valence-electron chi connectivity index (χ4n) is 1.51. The van der Waals surface area contributed by atoms with Crippen molar-refractivity contribution >= 4 is 26.9 Å². The monoisotopic (exact) mass is 254 g/mol. The van der Waals surface area contributed by atoms with Gasteiger partial charge >= 0.3 is 0 Å². The van der Waals surface area contributed by atoms with Crippen LogP contribution in [-0.2, 0) is 6.42 Å². The maximum absolute atomic E-state index is 5.76. The number of rotatable bonds is 2. The average molecular weight is 255 g/mol. The first kappa shape index (κ1) is 9.68. The second-order valence-electron chi connectivity index (χ2n) is 3.49. The highest BCUT2D eigenvalue weighted by Crippen LogP contribution is 2.24. The maximum Gasteiger partial charge on any atom is 0.170 e. The Kier molecular flexibility index (Phi) is 2.56. The molecule has 2 rings (SSSR count). The Morgan fingerprint density at radius 1 is 1.57 bits per heavy atom. The molecule has 14 heavy (non-hydrogen) atoms. The van der Waals surface area contributed by atoms with E-state index in [0.717, 1.165) is 27.4 Å². The molecular weight excluding hydrogens is 244 g/mol. The van der Waals surface area contributed by atoms with Crippen LogP contribution >= 0.6 is 15.9 Å². The standard InChI is InChI=1S/C10H11BrN2O/c1-6(12)2-7-3-9(11)4-8-5-13-14-10(7)8/h3-6H,2,12H2,1H3. The molecule has 0 aliphatic heterocycles. The minimum Gasteiger partial charge on any atom is -0.356 e. The first-order chi connectivity index (χ1) is 6.66. The van der Waals surface area contributed by atoms with E-state index in [-0.39, 0.29) is 6.04 Å². The lowest BCUT2D eigenvalue weighted by Gasteiger charge is -2.05. The van der Waals surface area contributed by atoms with Crippen LogP contribution in [0.4, 0.5) is 0 Å². The van der Waals surface area contributed by atoms with Crippen LogP contribution in [0.3, 0.4) is 0 Å². The summed E-state index contributed by atoms with van der Waals surface area (Å²) < 4.78 is 6.21. The number of hydrogen-bond donors (Lipinski definition) is 1. The summed E-state index contributed by atoms with van der Waals surface area (Å²) in [5, 5.41) is 4.78. The van der Waals surface area contributed by atoms with Gasteiger partial charge in [0.25, 0.3) is 0 Å². The lowest BCUT2D eigenvalue weighted by molar-refractivity contribution is 0.453. The number of aromatic nitrogens is 1. The van der Waals surface area contributed by atoms with E-state index in [4.69, 9.17) is 10.3 Å².